The minimum absolute atomic E-state index is 0.249. The Morgan fingerprint density at radius 1 is 1.29 bits per heavy atom. The van der Waals surface area contributed by atoms with Gasteiger partial charge in [-0.05, 0) is 24.3 Å². The van der Waals surface area contributed by atoms with E-state index in [2.05, 4.69) is 12.1 Å². The second kappa shape index (κ2) is 4.58. The number of hydrogen-bond donors (Lipinski definition) is 1. The van der Waals surface area contributed by atoms with Crippen LogP contribution in [0.15, 0.2) is 30.3 Å². The zero-order valence-corrected chi connectivity index (χ0v) is 8.36. The molecular formula is C12H17NO. The standard InChI is InChI=1S/C12H17NO/c13-12(11-6-7-11)9-14-8-10-4-2-1-3-5-10/h1-5,11-12H,6-9,13H2/t12-/m0/s1. The molecule has 0 saturated heterocycles. The van der Waals surface area contributed by atoms with Gasteiger partial charge in [-0.25, -0.2) is 0 Å². The van der Waals surface area contributed by atoms with Crippen molar-refractivity contribution in [3.63, 3.8) is 0 Å². The number of benzene rings is 1. The summed E-state index contributed by atoms with van der Waals surface area (Å²) >= 11 is 0. The van der Waals surface area contributed by atoms with E-state index in [1.807, 2.05) is 18.2 Å². The third-order valence-corrected chi connectivity index (χ3v) is 2.65. The van der Waals surface area contributed by atoms with Crippen molar-refractivity contribution < 1.29 is 4.74 Å². The van der Waals surface area contributed by atoms with Crippen molar-refractivity contribution in [1.29, 1.82) is 0 Å². The van der Waals surface area contributed by atoms with Crippen molar-refractivity contribution in [1.82, 2.24) is 0 Å². The third kappa shape index (κ3) is 2.82. The van der Waals surface area contributed by atoms with Crippen LogP contribution in [0.1, 0.15) is 18.4 Å². The highest BCUT2D eigenvalue weighted by molar-refractivity contribution is 5.13. The van der Waals surface area contributed by atoms with Crippen LogP contribution in [0.3, 0.4) is 0 Å². The van der Waals surface area contributed by atoms with Crippen LogP contribution in [-0.4, -0.2) is 12.6 Å². The molecule has 1 aromatic carbocycles. The first-order valence-corrected chi connectivity index (χ1v) is 5.23. The lowest BCUT2D eigenvalue weighted by molar-refractivity contribution is 0.103. The molecule has 0 radical (unpaired) electrons. The van der Waals surface area contributed by atoms with Crippen LogP contribution in [0.25, 0.3) is 0 Å². The second-order valence-corrected chi connectivity index (χ2v) is 4.00. The smallest absolute Gasteiger partial charge is 0.0717 e. The van der Waals surface area contributed by atoms with Gasteiger partial charge in [0.1, 0.15) is 0 Å². The molecule has 1 fully saturated rings. The summed E-state index contributed by atoms with van der Waals surface area (Å²) in [6, 6.07) is 10.5. The molecule has 0 amide bonds. The highest BCUT2D eigenvalue weighted by Crippen LogP contribution is 2.31. The lowest BCUT2D eigenvalue weighted by Gasteiger charge is -2.10. The maximum atomic E-state index is 5.92. The van der Waals surface area contributed by atoms with E-state index in [4.69, 9.17) is 10.5 Å². The minimum Gasteiger partial charge on any atom is -0.375 e. The van der Waals surface area contributed by atoms with Gasteiger partial charge in [-0.1, -0.05) is 30.3 Å². The summed E-state index contributed by atoms with van der Waals surface area (Å²) in [6.07, 6.45) is 2.58. The Morgan fingerprint density at radius 3 is 2.64 bits per heavy atom. The van der Waals surface area contributed by atoms with Gasteiger partial charge in [0.15, 0.2) is 0 Å². The summed E-state index contributed by atoms with van der Waals surface area (Å²) in [5.41, 5.74) is 7.14. The van der Waals surface area contributed by atoms with Crippen LogP contribution in [0.4, 0.5) is 0 Å². The Kier molecular flexibility index (Phi) is 3.17. The largest absolute Gasteiger partial charge is 0.375 e. The molecule has 1 atom stereocenters. The molecule has 0 spiro atoms. The van der Waals surface area contributed by atoms with E-state index in [-0.39, 0.29) is 6.04 Å². The van der Waals surface area contributed by atoms with Gasteiger partial charge in [0.2, 0.25) is 0 Å². The normalized spacial score (nSPS) is 18.1. The zero-order valence-electron chi connectivity index (χ0n) is 8.36. The van der Waals surface area contributed by atoms with E-state index in [0.29, 0.717) is 13.2 Å². The van der Waals surface area contributed by atoms with Gasteiger partial charge in [-0.2, -0.15) is 0 Å². The molecule has 76 valence electrons. The Hall–Kier alpha value is -0.860. The summed E-state index contributed by atoms with van der Waals surface area (Å²) in [5, 5.41) is 0. The fourth-order valence-corrected chi connectivity index (χ4v) is 1.55. The van der Waals surface area contributed by atoms with E-state index in [0.717, 1.165) is 5.92 Å². The molecule has 1 saturated carbocycles. The number of hydrogen-bond acceptors (Lipinski definition) is 2. The number of rotatable bonds is 5. The summed E-state index contributed by atoms with van der Waals surface area (Å²) < 4.78 is 5.56. The van der Waals surface area contributed by atoms with Crippen LogP contribution in [0.2, 0.25) is 0 Å². The first-order valence-electron chi connectivity index (χ1n) is 5.23. The van der Waals surface area contributed by atoms with Crippen LogP contribution >= 0.6 is 0 Å². The molecule has 0 aromatic heterocycles. The Balaban J connectivity index is 1.67. The molecule has 0 bridgehead atoms. The summed E-state index contributed by atoms with van der Waals surface area (Å²) in [6.45, 7) is 1.38. The molecule has 1 aromatic rings. The lowest BCUT2D eigenvalue weighted by Crippen LogP contribution is -2.28. The second-order valence-electron chi connectivity index (χ2n) is 4.00. The van der Waals surface area contributed by atoms with Gasteiger partial charge in [0.05, 0.1) is 13.2 Å². The van der Waals surface area contributed by atoms with Crippen LogP contribution in [-0.2, 0) is 11.3 Å². The number of nitrogens with two attached hydrogens (primary N) is 1. The molecule has 2 N–H and O–H groups in total. The average Bonchev–Trinajstić information content (AvgIpc) is 3.02. The van der Waals surface area contributed by atoms with Gasteiger partial charge in [0.25, 0.3) is 0 Å². The van der Waals surface area contributed by atoms with E-state index in [9.17, 15) is 0 Å². The molecule has 2 rings (SSSR count). The average molecular weight is 191 g/mol. The van der Waals surface area contributed by atoms with Crippen molar-refractivity contribution in [3.8, 4) is 0 Å². The third-order valence-electron chi connectivity index (χ3n) is 2.65. The van der Waals surface area contributed by atoms with Crippen molar-refractivity contribution in [2.24, 2.45) is 11.7 Å². The molecular weight excluding hydrogens is 174 g/mol. The van der Waals surface area contributed by atoms with E-state index < -0.39 is 0 Å². The lowest BCUT2D eigenvalue weighted by atomic mass is 10.2. The van der Waals surface area contributed by atoms with Gasteiger partial charge in [-0.15, -0.1) is 0 Å². The maximum Gasteiger partial charge on any atom is 0.0717 e. The summed E-state index contributed by atoms with van der Waals surface area (Å²) in [7, 11) is 0. The first kappa shape index (κ1) is 9.69. The van der Waals surface area contributed by atoms with Crippen LogP contribution in [0.5, 0.6) is 0 Å². The van der Waals surface area contributed by atoms with Crippen LogP contribution < -0.4 is 5.73 Å². The highest BCUT2D eigenvalue weighted by Gasteiger charge is 2.28. The SMILES string of the molecule is N[C@@H](COCc1ccccc1)C1CC1. The van der Waals surface area contributed by atoms with Gasteiger partial charge < -0.3 is 10.5 Å². The highest BCUT2D eigenvalue weighted by atomic mass is 16.5. The molecule has 2 heteroatoms. The predicted octanol–water partition coefficient (Wildman–Crippen LogP) is 1.94. The quantitative estimate of drug-likeness (QED) is 0.772. The van der Waals surface area contributed by atoms with Gasteiger partial charge >= 0.3 is 0 Å². The van der Waals surface area contributed by atoms with E-state index in [1.165, 1.54) is 18.4 Å². The van der Waals surface area contributed by atoms with Crippen LogP contribution in [0, 0.1) is 5.92 Å². The summed E-state index contributed by atoms with van der Waals surface area (Å²) in [5.74, 6) is 0.728. The van der Waals surface area contributed by atoms with Crippen molar-refractivity contribution in [3.05, 3.63) is 35.9 Å². The zero-order chi connectivity index (χ0) is 9.80. The van der Waals surface area contributed by atoms with E-state index in [1.54, 1.807) is 0 Å². The molecule has 14 heavy (non-hydrogen) atoms. The molecule has 1 aliphatic carbocycles. The Bertz CT molecular complexity index is 269. The fourth-order valence-electron chi connectivity index (χ4n) is 1.55. The topological polar surface area (TPSA) is 35.2 Å². The van der Waals surface area contributed by atoms with Crippen molar-refractivity contribution in [2.75, 3.05) is 6.61 Å². The first-order chi connectivity index (χ1) is 6.86. The monoisotopic (exact) mass is 191 g/mol. The molecule has 1 aliphatic rings. The maximum absolute atomic E-state index is 5.92. The Labute approximate surface area is 85.1 Å². The molecule has 0 unspecified atom stereocenters. The van der Waals surface area contributed by atoms with E-state index >= 15 is 0 Å². The molecule has 2 nitrogen and oxygen atoms in total. The van der Waals surface area contributed by atoms with Crippen molar-refractivity contribution >= 4 is 0 Å². The molecule has 0 aliphatic heterocycles. The fraction of sp³-hybridized carbons (Fsp3) is 0.500. The minimum atomic E-state index is 0.249. The van der Waals surface area contributed by atoms with Gasteiger partial charge in [0, 0.05) is 6.04 Å². The predicted molar refractivity (Wildman–Crippen MR) is 56.8 cm³/mol. The number of ether oxygens (including phenoxy) is 1. The Morgan fingerprint density at radius 2 is 2.00 bits per heavy atom. The molecule has 0 heterocycles. The van der Waals surface area contributed by atoms with Gasteiger partial charge in [-0.3, -0.25) is 0 Å². The summed E-state index contributed by atoms with van der Waals surface area (Å²) in [4.78, 5) is 0. The van der Waals surface area contributed by atoms with Crippen molar-refractivity contribution in [2.45, 2.75) is 25.5 Å².